The number of hydrazine groups is 1. The van der Waals surface area contributed by atoms with Crippen LogP contribution >= 0.6 is 0 Å². The minimum absolute atomic E-state index is 0.0467. The molecular weight excluding hydrogens is 415 g/mol. The fourth-order valence-electron chi connectivity index (χ4n) is 2.52. The number of likely N-dealkylation sites (N-methyl/N-ethyl adjacent to an activating group) is 1. The predicted octanol–water partition coefficient (Wildman–Crippen LogP) is 2.75. The van der Waals surface area contributed by atoms with Crippen molar-refractivity contribution in [1.29, 1.82) is 0 Å². The van der Waals surface area contributed by atoms with Crippen LogP contribution in [0.3, 0.4) is 0 Å². The predicted molar refractivity (Wildman–Crippen MR) is 106 cm³/mol. The Labute approximate surface area is 174 Å². The molecule has 3 rings (SSSR count). The molecule has 0 saturated heterocycles. The Kier molecular flexibility index (Phi) is 6.50. The number of nitrogens with zero attached hydrogens (tertiary/aromatic N) is 5. The zero-order chi connectivity index (χ0) is 22.4. The van der Waals surface area contributed by atoms with Gasteiger partial charge in [0.1, 0.15) is 0 Å². The summed E-state index contributed by atoms with van der Waals surface area (Å²) in [6.07, 6.45) is -4.43. The molecule has 0 bridgehead atoms. The third-order valence-corrected chi connectivity index (χ3v) is 3.99. The van der Waals surface area contributed by atoms with E-state index >= 15 is 0 Å². The van der Waals surface area contributed by atoms with E-state index < -0.39 is 11.7 Å². The van der Waals surface area contributed by atoms with Crippen molar-refractivity contribution in [2.45, 2.75) is 12.8 Å². The highest BCUT2D eigenvalue weighted by molar-refractivity contribution is 6.47. The van der Waals surface area contributed by atoms with Crippen LogP contribution in [0.2, 0.25) is 0 Å². The van der Waals surface area contributed by atoms with Crippen LogP contribution < -0.4 is 11.7 Å². The summed E-state index contributed by atoms with van der Waals surface area (Å²) in [4.78, 5) is 5.31. The van der Waals surface area contributed by atoms with Gasteiger partial charge in [0.25, 0.3) is 5.89 Å². The van der Waals surface area contributed by atoms with Crippen LogP contribution in [-0.4, -0.2) is 33.8 Å². The molecule has 1 aromatic heterocycles. The highest BCUT2D eigenvalue weighted by atomic mass is 19.4. The van der Waals surface area contributed by atoms with Crippen molar-refractivity contribution in [3.05, 3.63) is 71.6 Å². The van der Waals surface area contributed by atoms with Crippen molar-refractivity contribution < 1.29 is 22.4 Å². The monoisotopic (exact) mass is 433 g/mol. The Hall–Kier alpha value is -3.93. The minimum Gasteiger partial charge on any atom is -0.417 e. The summed E-state index contributed by atoms with van der Waals surface area (Å²) in [5.74, 6) is 11.5. The van der Waals surface area contributed by atoms with Crippen molar-refractivity contribution in [1.82, 2.24) is 15.2 Å². The molecule has 0 amide bonds. The lowest BCUT2D eigenvalue weighted by Crippen LogP contribution is -2.40. The molecule has 0 radical (unpaired) electrons. The third-order valence-electron chi connectivity index (χ3n) is 3.99. The van der Waals surface area contributed by atoms with Crippen LogP contribution in [0.5, 0.6) is 0 Å². The van der Waals surface area contributed by atoms with Crippen LogP contribution in [0.1, 0.15) is 17.0 Å². The maximum absolute atomic E-state index is 12.7. The molecule has 0 aliphatic carbocycles. The van der Waals surface area contributed by atoms with Crippen LogP contribution in [0, 0.1) is 0 Å². The van der Waals surface area contributed by atoms with Crippen molar-refractivity contribution in [3.8, 4) is 11.5 Å². The molecule has 31 heavy (non-hydrogen) atoms. The number of hydrogen-bond acceptors (Lipinski definition) is 8. The minimum atomic E-state index is -4.43. The Balaban J connectivity index is 1.74. The number of nitrogens with two attached hydrogens (primary N) is 2. The number of alkyl halides is 3. The first kappa shape index (κ1) is 21.8. The molecule has 0 spiro atoms. The van der Waals surface area contributed by atoms with Crippen LogP contribution in [0.15, 0.2) is 69.3 Å². The van der Waals surface area contributed by atoms with Gasteiger partial charge in [-0.2, -0.15) is 18.3 Å². The summed E-state index contributed by atoms with van der Waals surface area (Å²) < 4.78 is 43.5. The molecule has 0 aliphatic rings. The lowest BCUT2D eigenvalue weighted by molar-refractivity contribution is -0.137. The number of hydrogen-bond donors (Lipinski definition) is 2. The van der Waals surface area contributed by atoms with Crippen molar-refractivity contribution in [2.75, 3.05) is 7.05 Å². The largest absolute Gasteiger partial charge is 0.417 e. The fraction of sp³-hybridized carbons (Fsp3) is 0.158. The van der Waals surface area contributed by atoms with E-state index in [-0.39, 0.29) is 29.9 Å². The smallest absolute Gasteiger partial charge is 0.416 e. The number of amidine groups is 1. The molecule has 0 saturated carbocycles. The maximum atomic E-state index is 12.7. The van der Waals surface area contributed by atoms with Crippen LogP contribution in [0.25, 0.3) is 11.5 Å². The number of rotatable bonds is 6. The normalized spacial score (nSPS) is 12.7. The molecule has 0 aliphatic heterocycles. The summed E-state index contributed by atoms with van der Waals surface area (Å²) >= 11 is 0. The first-order valence-electron chi connectivity index (χ1n) is 8.81. The molecule has 3 aromatic rings. The van der Waals surface area contributed by atoms with Gasteiger partial charge in [-0.3, -0.25) is 5.01 Å². The SMILES string of the molecule is CN(N)C(=N\N)/C(=N\OCc1nnc(-c2ccc(C(F)(F)F)cc2)o1)c1ccccc1. The van der Waals surface area contributed by atoms with Gasteiger partial charge < -0.3 is 15.1 Å². The highest BCUT2D eigenvalue weighted by Crippen LogP contribution is 2.30. The summed E-state index contributed by atoms with van der Waals surface area (Å²) in [7, 11) is 1.54. The number of aromatic nitrogens is 2. The summed E-state index contributed by atoms with van der Waals surface area (Å²) in [5.41, 5.74) is 0.488. The summed E-state index contributed by atoms with van der Waals surface area (Å²) in [6.45, 7) is -0.198. The average molecular weight is 433 g/mol. The second-order valence-electron chi connectivity index (χ2n) is 6.22. The van der Waals surface area contributed by atoms with E-state index in [0.717, 1.165) is 12.1 Å². The molecule has 162 valence electrons. The van der Waals surface area contributed by atoms with Crippen LogP contribution in [-0.2, 0) is 17.6 Å². The molecule has 12 heteroatoms. The number of hydrazone groups is 1. The summed E-state index contributed by atoms with van der Waals surface area (Å²) in [5, 5.41) is 16.5. The Bertz CT molecular complexity index is 1060. The van der Waals surface area contributed by atoms with Gasteiger partial charge >= 0.3 is 6.18 Å². The molecule has 0 fully saturated rings. The van der Waals surface area contributed by atoms with Crippen molar-refractivity contribution in [3.63, 3.8) is 0 Å². The number of oxime groups is 1. The lowest BCUT2D eigenvalue weighted by Gasteiger charge is -2.15. The van der Waals surface area contributed by atoms with Gasteiger partial charge in [0, 0.05) is 18.2 Å². The average Bonchev–Trinajstić information content (AvgIpc) is 3.22. The number of halogens is 3. The van der Waals surface area contributed by atoms with E-state index in [4.69, 9.17) is 20.9 Å². The van der Waals surface area contributed by atoms with Crippen molar-refractivity contribution >= 4 is 11.5 Å². The van der Waals surface area contributed by atoms with Gasteiger partial charge in [-0.05, 0) is 24.3 Å². The lowest BCUT2D eigenvalue weighted by atomic mass is 10.1. The Morgan fingerprint density at radius 1 is 1.10 bits per heavy atom. The quantitative estimate of drug-likeness (QED) is 0.265. The van der Waals surface area contributed by atoms with E-state index in [2.05, 4.69) is 20.5 Å². The standard InChI is InChI=1S/C19H18F3N7O2/c1-29(24)17(25-23)16(12-5-3-2-4-6-12)28-30-11-15-26-27-18(31-15)13-7-9-14(10-8-13)19(20,21)22/h2-10H,11,23-24H2,1H3/b25-17-,28-16-. The van der Waals surface area contributed by atoms with E-state index in [1.807, 2.05) is 6.07 Å². The molecule has 4 N–H and O–H groups in total. The van der Waals surface area contributed by atoms with E-state index in [0.29, 0.717) is 11.1 Å². The van der Waals surface area contributed by atoms with Gasteiger partial charge in [0.15, 0.2) is 18.2 Å². The molecule has 9 nitrogen and oxygen atoms in total. The number of benzene rings is 2. The first-order valence-corrected chi connectivity index (χ1v) is 8.81. The van der Waals surface area contributed by atoms with Gasteiger partial charge in [-0.15, -0.1) is 10.2 Å². The van der Waals surface area contributed by atoms with E-state index in [1.165, 1.54) is 17.1 Å². The first-order chi connectivity index (χ1) is 14.8. The molecule has 0 unspecified atom stereocenters. The third kappa shape index (κ3) is 5.36. The van der Waals surface area contributed by atoms with Gasteiger partial charge in [0.2, 0.25) is 5.89 Å². The molecule has 2 aromatic carbocycles. The second-order valence-corrected chi connectivity index (χ2v) is 6.22. The molecule has 0 atom stereocenters. The highest BCUT2D eigenvalue weighted by Gasteiger charge is 2.30. The fourth-order valence-corrected chi connectivity index (χ4v) is 2.52. The van der Waals surface area contributed by atoms with Gasteiger partial charge in [-0.1, -0.05) is 35.5 Å². The zero-order valence-corrected chi connectivity index (χ0v) is 16.2. The van der Waals surface area contributed by atoms with Crippen LogP contribution in [0.4, 0.5) is 13.2 Å². The van der Waals surface area contributed by atoms with Gasteiger partial charge in [-0.25, -0.2) is 5.84 Å². The second kappa shape index (κ2) is 9.26. The van der Waals surface area contributed by atoms with Gasteiger partial charge in [0.05, 0.1) is 5.56 Å². The Morgan fingerprint density at radius 3 is 2.35 bits per heavy atom. The molecular formula is C19H18F3N7O2. The van der Waals surface area contributed by atoms with E-state index in [9.17, 15) is 13.2 Å². The topological polar surface area (TPSA) is 128 Å². The molecule has 1 heterocycles. The van der Waals surface area contributed by atoms with E-state index in [1.54, 1.807) is 31.3 Å². The zero-order valence-electron chi connectivity index (χ0n) is 16.2. The van der Waals surface area contributed by atoms with Crippen molar-refractivity contribution in [2.24, 2.45) is 21.9 Å². The maximum Gasteiger partial charge on any atom is 0.416 e. The summed E-state index contributed by atoms with van der Waals surface area (Å²) in [6, 6.07) is 13.3. The Morgan fingerprint density at radius 2 is 1.77 bits per heavy atom.